The molecule has 1 aliphatic rings. The number of hydrogen-bond donors (Lipinski definition) is 1. The molecule has 3 nitrogen and oxygen atoms in total. The van der Waals surface area contributed by atoms with Crippen LogP contribution in [0.2, 0.25) is 0 Å². The molecule has 0 aliphatic carbocycles. The van der Waals surface area contributed by atoms with Crippen molar-refractivity contribution in [3.63, 3.8) is 0 Å². The lowest BCUT2D eigenvalue weighted by Gasteiger charge is -2.30. The molecule has 0 bridgehead atoms. The lowest BCUT2D eigenvalue weighted by Crippen LogP contribution is -2.35. The van der Waals surface area contributed by atoms with Crippen LogP contribution in [0, 0.1) is 5.92 Å². The Labute approximate surface area is 105 Å². The number of piperidine rings is 1. The van der Waals surface area contributed by atoms with Gasteiger partial charge in [-0.3, -0.25) is 9.88 Å². The van der Waals surface area contributed by atoms with Crippen molar-refractivity contribution in [2.24, 2.45) is 11.7 Å². The van der Waals surface area contributed by atoms with E-state index in [2.05, 4.69) is 37.9 Å². The summed E-state index contributed by atoms with van der Waals surface area (Å²) >= 11 is 3.40. The number of nitrogens with two attached hydrogens (primary N) is 1. The van der Waals surface area contributed by atoms with Crippen molar-refractivity contribution in [1.82, 2.24) is 9.88 Å². The van der Waals surface area contributed by atoms with Crippen LogP contribution in [0.4, 0.5) is 0 Å². The first-order chi connectivity index (χ1) is 7.78. The number of likely N-dealkylation sites (tertiary alicyclic amines) is 1. The number of aromatic nitrogens is 1. The number of halogens is 1. The van der Waals surface area contributed by atoms with Crippen molar-refractivity contribution >= 4 is 15.9 Å². The highest BCUT2D eigenvalue weighted by Gasteiger charge is 2.17. The summed E-state index contributed by atoms with van der Waals surface area (Å²) in [5, 5.41) is 0. The molecule has 1 fully saturated rings. The van der Waals surface area contributed by atoms with Crippen molar-refractivity contribution in [3.05, 3.63) is 28.5 Å². The molecule has 2 heterocycles. The summed E-state index contributed by atoms with van der Waals surface area (Å²) in [6.45, 7) is 4.11. The van der Waals surface area contributed by atoms with E-state index in [0.29, 0.717) is 0 Å². The monoisotopic (exact) mass is 283 g/mol. The molecule has 1 aliphatic heterocycles. The van der Waals surface area contributed by atoms with E-state index >= 15 is 0 Å². The average Bonchev–Trinajstić information content (AvgIpc) is 2.33. The third-order valence-electron chi connectivity index (χ3n) is 3.21. The molecule has 0 radical (unpaired) electrons. The third kappa shape index (κ3) is 3.27. The van der Waals surface area contributed by atoms with Crippen molar-refractivity contribution in [3.8, 4) is 0 Å². The normalized spacial score (nSPS) is 18.9. The Morgan fingerprint density at radius 2 is 2.12 bits per heavy atom. The number of rotatable bonds is 3. The smallest absolute Gasteiger partial charge is 0.0544 e. The summed E-state index contributed by atoms with van der Waals surface area (Å²) in [5.74, 6) is 0.731. The van der Waals surface area contributed by atoms with Crippen LogP contribution < -0.4 is 5.73 Å². The Morgan fingerprint density at radius 1 is 1.38 bits per heavy atom. The number of hydrogen-bond acceptors (Lipinski definition) is 3. The highest BCUT2D eigenvalue weighted by molar-refractivity contribution is 9.10. The van der Waals surface area contributed by atoms with Crippen LogP contribution in [0.3, 0.4) is 0 Å². The van der Waals surface area contributed by atoms with Gasteiger partial charge in [0.15, 0.2) is 0 Å². The van der Waals surface area contributed by atoms with E-state index in [1.807, 2.05) is 6.20 Å². The minimum atomic E-state index is 0.731. The predicted molar refractivity (Wildman–Crippen MR) is 69.0 cm³/mol. The van der Waals surface area contributed by atoms with Gasteiger partial charge in [0.1, 0.15) is 0 Å². The highest BCUT2D eigenvalue weighted by atomic mass is 79.9. The van der Waals surface area contributed by atoms with E-state index < -0.39 is 0 Å². The van der Waals surface area contributed by atoms with Crippen LogP contribution in [-0.4, -0.2) is 29.5 Å². The quantitative estimate of drug-likeness (QED) is 0.923. The van der Waals surface area contributed by atoms with Gasteiger partial charge in [0.25, 0.3) is 0 Å². The molecule has 0 unspecified atom stereocenters. The predicted octanol–water partition coefficient (Wildman–Crippen LogP) is 2.01. The standard InChI is InChI=1S/C12H18BrN3/c13-11-1-2-12(15-8-11)9-16-5-3-10(7-14)4-6-16/h1-2,8,10H,3-7,9,14H2. The van der Waals surface area contributed by atoms with E-state index in [4.69, 9.17) is 5.73 Å². The molecule has 2 rings (SSSR count). The van der Waals surface area contributed by atoms with Gasteiger partial charge in [-0.25, -0.2) is 0 Å². The van der Waals surface area contributed by atoms with Crippen molar-refractivity contribution in [1.29, 1.82) is 0 Å². The van der Waals surface area contributed by atoms with Gasteiger partial charge in [-0.15, -0.1) is 0 Å². The molecule has 0 saturated carbocycles. The molecule has 2 N–H and O–H groups in total. The maximum absolute atomic E-state index is 5.68. The third-order valence-corrected chi connectivity index (χ3v) is 3.68. The van der Waals surface area contributed by atoms with Crippen molar-refractivity contribution in [2.75, 3.05) is 19.6 Å². The maximum atomic E-state index is 5.68. The molecule has 1 aromatic rings. The molecular weight excluding hydrogens is 266 g/mol. The Morgan fingerprint density at radius 3 is 2.69 bits per heavy atom. The molecule has 4 heteroatoms. The topological polar surface area (TPSA) is 42.1 Å². The second-order valence-corrected chi connectivity index (χ2v) is 5.34. The Bertz CT molecular complexity index is 318. The number of pyridine rings is 1. The van der Waals surface area contributed by atoms with Gasteiger partial charge in [-0.1, -0.05) is 0 Å². The summed E-state index contributed by atoms with van der Waals surface area (Å²) in [4.78, 5) is 6.86. The molecule has 0 atom stereocenters. The van der Waals surface area contributed by atoms with E-state index in [1.54, 1.807) is 0 Å². The second kappa shape index (κ2) is 5.75. The minimum absolute atomic E-state index is 0.731. The van der Waals surface area contributed by atoms with Crippen LogP contribution in [0.15, 0.2) is 22.8 Å². The molecular formula is C12H18BrN3. The Balaban J connectivity index is 1.84. The zero-order valence-corrected chi connectivity index (χ0v) is 11.0. The first kappa shape index (κ1) is 12.0. The molecule has 0 aromatic carbocycles. The second-order valence-electron chi connectivity index (χ2n) is 4.42. The fraction of sp³-hybridized carbons (Fsp3) is 0.583. The van der Waals surface area contributed by atoms with Crippen LogP contribution >= 0.6 is 15.9 Å². The van der Waals surface area contributed by atoms with E-state index in [9.17, 15) is 0 Å². The van der Waals surface area contributed by atoms with E-state index in [-0.39, 0.29) is 0 Å². The fourth-order valence-corrected chi connectivity index (χ4v) is 2.34. The van der Waals surface area contributed by atoms with Gasteiger partial charge in [-0.2, -0.15) is 0 Å². The fourth-order valence-electron chi connectivity index (χ4n) is 2.11. The first-order valence-corrected chi connectivity index (χ1v) is 6.60. The summed E-state index contributed by atoms with van der Waals surface area (Å²) in [6, 6.07) is 4.13. The first-order valence-electron chi connectivity index (χ1n) is 5.81. The lowest BCUT2D eigenvalue weighted by atomic mass is 9.97. The number of nitrogens with zero attached hydrogens (tertiary/aromatic N) is 2. The van der Waals surface area contributed by atoms with E-state index in [1.165, 1.54) is 12.8 Å². The van der Waals surface area contributed by atoms with E-state index in [0.717, 1.165) is 42.3 Å². The SMILES string of the molecule is NCC1CCN(Cc2ccc(Br)cn2)CC1. The van der Waals surface area contributed by atoms with Crippen LogP contribution in [-0.2, 0) is 6.54 Å². The Hall–Kier alpha value is -0.450. The summed E-state index contributed by atoms with van der Waals surface area (Å²) in [5.41, 5.74) is 6.83. The average molecular weight is 284 g/mol. The molecule has 16 heavy (non-hydrogen) atoms. The zero-order chi connectivity index (χ0) is 11.4. The van der Waals surface area contributed by atoms with Gasteiger partial charge in [0, 0.05) is 17.2 Å². The lowest BCUT2D eigenvalue weighted by molar-refractivity contribution is 0.178. The van der Waals surface area contributed by atoms with Crippen LogP contribution in [0.1, 0.15) is 18.5 Å². The van der Waals surface area contributed by atoms with Crippen LogP contribution in [0.5, 0.6) is 0 Å². The van der Waals surface area contributed by atoms with Crippen LogP contribution in [0.25, 0.3) is 0 Å². The van der Waals surface area contributed by atoms with Gasteiger partial charge in [-0.05, 0) is 66.5 Å². The molecule has 1 aromatic heterocycles. The maximum Gasteiger partial charge on any atom is 0.0544 e. The molecule has 0 spiro atoms. The molecule has 88 valence electrons. The Kier molecular flexibility index (Phi) is 4.32. The van der Waals surface area contributed by atoms with Crippen molar-refractivity contribution in [2.45, 2.75) is 19.4 Å². The van der Waals surface area contributed by atoms with Gasteiger partial charge in [0.2, 0.25) is 0 Å². The highest BCUT2D eigenvalue weighted by Crippen LogP contribution is 2.17. The molecule has 0 amide bonds. The summed E-state index contributed by atoms with van der Waals surface area (Å²) < 4.78 is 1.04. The zero-order valence-electron chi connectivity index (χ0n) is 9.40. The summed E-state index contributed by atoms with van der Waals surface area (Å²) in [6.07, 6.45) is 4.32. The summed E-state index contributed by atoms with van der Waals surface area (Å²) in [7, 11) is 0. The molecule has 1 saturated heterocycles. The van der Waals surface area contributed by atoms with Crippen molar-refractivity contribution < 1.29 is 0 Å². The van der Waals surface area contributed by atoms with Gasteiger partial charge >= 0.3 is 0 Å². The van der Waals surface area contributed by atoms with Gasteiger partial charge in [0.05, 0.1) is 5.69 Å². The van der Waals surface area contributed by atoms with Gasteiger partial charge < -0.3 is 5.73 Å². The largest absolute Gasteiger partial charge is 0.330 e. The minimum Gasteiger partial charge on any atom is -0.330 e.